The molecule has 19 N–H and O–H groups in total. The van der Waals surface area contributed by atoms with Gasteiger partial charge in [0, 0.05) is 6.54 Å². The van der Waals surface area contributed by atoms with E-state index < -0.39 is 291 Å². The quantitative estimate of drug-likeness (QED) is 0.0122. The number of carbonyl (C=O) groups is 3. The molecular formula is C81H133NO35. The average Bonchev–Trinajstić information content (AvgIpc) is 1.48. The smallest absolute Gasteiger partial charge is 0.317 e. The van der Waals surface area contributed by atoms with Gasteiger partial charge in [0.2, 0.25) is 6.29 Å². The molecule has 7 saturated heterocycles. The molecule has 36 heteroatoms. The number of hydrogen-bond acceptors (Lipinski definition) is 35. The Morgan fingerprint density at radius 2 is 1.12 bits per heavy atom. The summed E-state index contributed by atoms with van der Waals surface area (Å²) in [7, 11) is 0. The summed E-state index contributed by atoms with van der Waals surface area (Å²) in [6, 6.07) is 0. The molecule has 1 amide bonds. The maximum absolute atomic E-state index is 15.9. The molecule has 0 aromatic rings. The van der Waals surface area contributed by atoms with Crippen molar-refractivity contribution in [3.8, 4) is 0 Å². The molecule has 36 nitrogen and oxygen atoms in total. The van der Waals surface area contributed by atoms with Crippen LogP contribution in [-0.4, -0.2) is 352 Å². The zero-order valence-corrected chi connectivity index (χ0v) is 68.5. The van der Waals surface area contributed by atoms with Crippen molar-refractivity contribution in [2.24, 2.45) is 50.2 Å². The number of carbonyl (C=O) groups excluding carboxylic acids is 3. The van der Waals surface area contributed by atoms with Gasteiger partial charge in [0.1, 0.15) is 133 Å². The van der Waals surface area contributed by atoms with Crippen molar-refractivity contribution in [1.29, 1.82) is 0 Å². The second-order valence-electron chi connectivity index (χ2n) is 37.4. The number of ether oxygens (including phenoxy) is 14. The largest absolute Gasteiger partial charge is 0.432 e. The Bertz CT molecular complexity index is 3330. The number of hydrogen-bond donors (Lipinski definition) is 19. The molecule has 12 aliphatic rings. The van der Waals surface area contributed by atoms with Gasteiger partial charge in [-0.3, -0.25) is 9.59 Å². The van der Waals surface area contributed by atoms with Gasteiger partial charge in [0.25, 0.3) is 5.91 Å². The topological polar surface area (TPSA) is 557 Å². The highest BCUT2D eigenvalue weighted by atomic mass is 16.8. The second kappa shape index (κ2) is 37.3. The molecule has 672 valence electrons. The van der Waals surface area contributed by atoms with Crippen LogP contribution in [0.2, 0.25) is 0 Å². The molecule has 7 aliphatic heterocycles. The SMILES string of the molecule is CCCCCCCCCCCCNC(=O)[C@H]1O[C@@H](O[C@H]2CC[C@]3(C)[C@H]4CC=C5[C@@H]6CC(C)(C)CC[C@]6(C(=O)O[C@@H]6O[C@H](C)[C@H](O)[C@H](O)[C@H]6O[C@@H]6O[C@@H](C)[C@H](O[C@@H]7OC[C@@H](O)[C@H](O[C@@H]8OC[C@](O)(CO)[C@H]8O)[C@H]7O)[C@@H](O)[C@H]6O)[C@H](O)C[C@@]5(C)[C@]4(C)CC[C@H]3[C@]2(C)C=O)[C@H](O[C@@H]2O[C@H](CO)[C@H](O)[C@H](O)[C@H]2O)[C@@H](O[C@@H]2OC[C@@H](O)[C@H](O)[C@H]2O)[C@@H]1O. The summed E-state index contributed by atoms with van der Waals surface area (Å²) in [5, 5.41) is 205. The van der Waals surface area contributed by atoms with E-state index in [9.17, 15) is 102 Å². The van der Waals surface area contributed by atoms with E-state index in [2.05, 4.69) is 52.9 Å². The molecule has 11 fully saturated rings. The zero-order valence-electron chi connectivity index (χ0n) is 68.5. The number of aliphatic hydroxyl groups excluding tert-OH is 17. The Morgan fingerprint density at radius 1 is 0.530 bits per heavy atom. The van der Waals surface area contributed by atoms with Gasteiger partial charge in [0.05, 0.1) is 62.9 Å². The molecular weight excluding hydrogens is 1550 g/mol. The maximum atomic E-state index is 15.9. The third-order valence-corrected chi connectivity index (χ3v) is 29.4. The minimum Gasteiger partial charge on any atom is -0.432 e. The van der Waals surface area contributed by atoms with Crippen LogP contribution in [-0.2, 0) is 80.7 Å². The highest BCUT2D eigenvalue weighted by Gasteiger charge is 2.73. The van der Waals surface area contributed by atoms with Crippen molar-refractivity contribution in [2.45, 2.75) is 387 Å². The first-order valence-corrected chi connectivity index (χ1v) is 42.4. The fourth-order valence-electron chi connectivity index (χ4n) is 21.9. The van der Waals surface area contributed by atoms with Crippen molar-refractivity contribution in [1.82, 2.24) is 5.32 Å². The van der Waals surface area contributed by atoms with Gasteiger partial charge in [0.15, 0.2) is 49.9 Å². The van der Waals surface area contributed by atoms with Crippen LogP contribution in [0.1, 0.15) is 184 Å². The normalized spacial score (nSPS) is 50.5. The number of aldehydes is 1. The van der Waals surface area contributed by atoms with Crippen LogP contribution < -0.4 is 5.32 Å². The minimum atomic E-state index is -2.10. The van der Waals surface area contributed by atoms with Crippen molar-refractivity contribution < 1.29 is 173 Å². The van der Waals surface area contributed by atoms with Crippen LogP contribution in [0.4, 0.5) is 0 Å². The minimum absolute atomic E-state index is 0.0598. The molecule has 12 rings (SSSR count). The molecule has 41 atom stereocenters. The molecule has 0 unspecified atom stereocenters. The molecule has 117 heavy (non-hydrogen) atoms. The van der Waals surface area contributed by atoms with E-state index in [1.807, 2.05) is 0 Å². The first-order chi connectivity index (χ1) is 55.2. The van der Waals surface area contributed by atoms with Gasteiger partial charge in [-0.15, -0.1) is 0 Å². The predicted molar refractivity (Wildman–Crippen MR) is 399 cm³/mol. The highest BCUT2D eigenvalue weighted by Crippen LogP contribution is 2.76. The van der Waals surface area contributed by atoms with E-state index in [-0.39, 0.29) is 31.7 Å². The van der Waals surface area contributed by atoms with Gasteiger partial charge >= 0.3 is 5.97 Å². The monoisotopic (exact) mass is 1680 g/mol. The van der Waals surface area contributed by atoms with Crippen LogP contribution in [0, 0.1) is 50.2 Å². The molecule has 0 radical (unpaired) electrons. The van der Waals surface area contributed by atoms with E-state index in [0.717, 1.165) is 50.4 Å². The first-order valence-electron chi connectivity index (χ1n) is 42.4. The van der Waals surface area contributed by atoms with Crippen LogP contribution >= 0.6 is 0 Å². The van der Waals surface area contributed by atoms with Crippen molar-refractivity contribution in [3.63, 3.8) is 0 Å². The van der Waals surface area contributed by atoms with Gasteiger partial charge in [-0.25, -0.2) is 0 Å². The number of esters is 1. The lowest BCUT2D eigenvalue weighted by Crippen LogP contribution is -2.70. The Labute approximate surface area is 681 Å². The van der Waals surface area contributed by atoms with Crippen LogP contribution in [0.5, 0.6) is 0 Å². The van der Waals surface area contributed by atoms with E-state index >= 15 is 4.79 Å². The Hall–Kier alpha value is -2.89. The Balaban J connectivity index is 0.778. The standard InChI is InChI=1S/C81H133NO35/c1-10-11-12-13-14-15-16-17-18-19-28-82-66(101)62-57(98)61(113-67-54(95)49(90)41(86)32-104-67)64(116-70-55(96)51(92)50(91)43(31-83)109-70)72(114-62)110-47-23-24-76(6)44(77(47,7)34-84)22-25-78(8)45(76)21-20-39-40-29-75(4,5)26-27-81(40,46(88)30-79(39,78)9)74(102)117-71-63(52(93)48(89)37(2)107-71)115-69-56(97)53(94)59(38(3)108-69)111-68-58(99)60(42(87)33-105-68)112-73-65(100)80(103,35-85)36-106-73/h20,34,37-38,40-65,67-73,83,85-100,103H,10-19,21-33,35-36H2,1-9H3,(H,82,101)/t37-,38+,40+,41-,42-,43-,44-,45-,46-,47+,48+,49+,50+,51+,52+,53+,54-,55-,56-,57+,58-,59+,60+,61+,62+,63-,64-,65+,67+,68+,69+,70+,71+,72-,73+,76+,77+,78-,79-,80-,81-/m1/s1. The van der Waals surface area contributed by atoms with E-state index in [0.29, 0.717) is 44.9 Å². The van der Waals surface area contributed by atoms with Crippen molar-refractivity contribution >= 4 is 18.2 Å². The summed E-state index contributed by atoms with van der Waals surface area (Å²) in [5.41, 5.74) is -6.78. The fraction of sp³-hybridized carbons (Fsp3) is 0.938. The summed E-state index contributed by atoms with van der Waals surface area (Å²) >= 11 is 0. The third kappa shape index (κ3) is 17.7. The summed E-state index contributed by atoms with van der Waals surface area (Å²) in [4.78, 5) is 45.0. The number of rotatable bonds is 29. The van der Waals surface area contributed by atoms with Gasteiger partial charge in [-0.2, -0.15) is 0 Å². The number of fused-ring (bicyclic) bond motifs is 7. The van der Waals surface area contributed by atoms with E-state index in [1.54, 1.807) is 6.92 Å². The molecule has 4 saturated carbocycles. The summed E-state index contributed by atoms with van der Waals surface area (Å²) in [5.74, 6) is -3.03. The zero-order chi connectivity index (χ0) is 85.1. The van der Waals surface area contributed by atoms with Gasteiger partial charge in [-0.1, -0.05) is 118 Å². The summed E-state index contributed by atoms with van der Waals surface area (Å²) in [6.07, 6.45) is -39.2. The van der Waals surface area contributed by atoms with Crippen LogP contribution in [0.15, 0.2) is 11.6 Å². The average molecular weight is 1680 g/mol. The molecule has 0 aromatic heterocycles. The number of unbranched alkanes of at least 4 members (excludes halogenated alkanes) is 9. The van der Waals surface area contributed by atoms with Crippen molar-refractivity contribution in [3.05, 3.63) is 11.6 Å². The predicted octanol–water partition coefficient (Wildman–Crippen LogP) is -2.39. The number of amides is 1. The lowest BCUT2D eigenvalue weighted by Gasteiger charge is -2.71. The summed E-state index contributed by atoms with van der Waals surface area (Å²) < 4.78 is 85.4. The molecule has 0 aromatic carbocycles. The molecule has 0 spiro atoms. The molecule has 0 bridgehead atoms. The van der Waals surface area contributed by atoms with Gasteiger partial charge < -0.3 is 168 Å². The number of aliphatic hydroxyl groups is 18. The molecule has 5 aliphatic carbocycles. The lowest BCUT2D eigenvalue weighted by atomic mass is 9.33. The third-order valence-electron chi connectivity index (χ3n) is 29.4. The fourth-order valence-corrected chi connectivity index (χ4v) is 21.9. The van der Waals surface area contributed by atoms with Crippen molar-refractivity contribution in [2.75, 3.05) is 39.6 Å². The summed E-state index contributed by atoms with van der Waals surface area (Å²) in [6.45, 7) is 14.3. The van der Waals surface area contributed by atoms with Gasteiger partial charge in [-0.05, 0) is 117 Å². The van der Waals surface area contributed by atoms with E-state index in [1.165, 1.54) is 33.1 Å². The lowest BCUT2D eigenvalue weighted by molar-refractivity contribution is -0.391. The highest BCUT2D eigenvalue weighted by molar-refractivity contribution is 5.82. The Kier molecular flexibility index (Phi) is 29.8. The number of nitrogens with one attached hydrogen (secondary N) is 1. The van der Waals surface area contributed by atoms with Crippen LogP contribution in [0.3, 0.4) is 0 Å². The van der Waals surface area contributed by atoms with Crippen LogP contribution in [0.25, 0.3) is 0 Å². The molecule has 7 heterocycles. The first kappa shape index (κ1) is 93.3. The second-order valence-corrected chi connectivity index (χ2v) is 37.4. The maximum Gasteiger partial charge on any atom is 0.317 e. The van der Waals surface area contributed by atoms with E-state index in [4.69, 9.17) is 66.3 Å². The number of allylic oxidation sites excluding steroid dienone is 2. The Morgan fingerprint density at radius 3 is 1.78 bits per heavy atom.